The number of rotatable bonds is 7. The zero-order chi connectivity index (χ0) is 24.4. The smallest absolute Gasteiger partial charge is 0.137 e. The maximum atomic E-state index is 10.4. The average molecular weight is 479 g/mol. The number of hydrogen-bond donors (Lipinski definition) is 4. The Kier molecular flexibility index (Phi) is 7.04. The summed E-state index contributed by atoms with van der Waals surface area (Å²) in [4.78, 5) is 0. The molecule has 2 heterocycles. The molecule has 0 bridgehead atoms. The Morgan fingerprint density at radius 1 is 0.829 bits per heavy atom. The predicted octanol–water partition coefficient (Wildman–Crippen LogP) is 2.17. The van der Waals surface area contributed by atoms with Crippen LogP contribution in [-0.2, 0) is 17.6 Å². The molecular weight excluding hydrogens is 448 g/mol. The van der Waals surface area contributed by atoms with Gasteiger partial charge in [0.2, 0.25) is 0 Å². The lowest BCUT2D eigenvalue weighted by Crippen LogP contribution is -2.55. The summed E-state index contributed by atoms with van der Waals surface area (Å²) in [5.74, 6) is 1.71. The lowest BCUT2D eigenvalue weighted by molar-refractivity contribution is -0.231. The van der Waals surface area contributed by atoms with Crippen molar-refractivity contribution < 1.29 is 34.6 Å². The first-order valence-corrected chi connectivity index (χ1v) is 11.9. The lowest BCUT2D eigenvalue weighted by Gasteiger charge is -2.40. The fraction of sp³-hybridized carbons (Fsp3) is 0.357. The number of ether oxygens (including phenoxy) is 3. The molecule has 2 aliphatic heterocycles. The molecule has 6 atom stereocenters. The molecule has 1 fully saturated rings. The van der Waals surface area contributed by atoms with Crippen molar-refractivity contribution >= 4 is 0 Å². The van der Waals surface area contributed by atoms with Gasteiger partial charge in [0.25, 0.3) is 0 Å². The summed E-state index contributed by atoms with van der Waals surface area (Å²) in [6, 6.07) is 23.5. The van der Waals surface area contributed by atoms with Gasteiger partial charge in [-0.2, -0.15) is 0 Å². The molecule has 0 aromatic heterocycles. The van der Waals surface area contributed by atoms with E-state index in [9.17, 15) is 20.4 Å². The van der Waals surface area contributed by atoms with E-state index in [-0.39, 0.29) is 6.10 Å². The third-order valence-electron chi connectivity index (χ3n) is 6.65. The van der Waals surface area contributed by atoms with Gasteiger partial charge in [-0.05, 0) is 46.9 Å². The fourth-order valence-corrected chi connectivity index (χ4v) is 4.73. The van der Waals surface area contributed by atoms with Crippen molar-refractivity contribution in [2.24, 2.45) is 0 Å². The SMILES string of the molecule is OC[C@H]1O[C@@H](c2cccc(Cc3ccc(OCC4Cc5ccccc5O4)cc3)c2)[C@H](O)[C@@H](O)[C@@H]1O. The molecule has 0 radical (unpaired) electrons. The van der Waals surface area contributed by atoms with Crippen molar-refractivity contribution in [3.63, 3.8) is 0 Å². The van der Waals surface area contributed by atoms with Gasteiger partial charge in [-0.3, -0.25) is 0 Å². The molecule has 2 aliphatic rings. The van der Waals surface area contributed by atoms with Crippen LogP contribution >= 0.6 is 0 Å². The van der Waals surface area contributed by atoms with E-state index in [1.165, 1.54) is 5.56 Å². The van der Waals surface area contributed by atoms with Gasteiger partial charge in [0, 0.05) is 6.42 Å². The van der Waals surface area contributed by atoms with Crippen molar-refractivity contribution in [3.05, 3.63) is 95.1 Å². The molecule has 184 valence electrons. The van der Waals surface area contributed by atoms with Gasteiger partial charge < -0.3 is 34.6 Å². The number of hydrogen-bond acceptors (Lipinski definition) is 7. The number of aliphatic hydroxyl groups is 4. The molecule has 7 nitrogen and oxygen atoms in total. The van der Waals surface area contributed by atoms with E-state index >= 15 is 0 Å². The summed E-state index contributed by atoms with van der Waals surface area (Å²) < 4.78 is 17.6. The molecule has 0 amide bonds. The monoisotopic (exact) mass is 478 g/mol. The number of para-hydroxylation sites is 1. The second kappa shape index (κ2) is 10.4. The van der Waals surface area contributed by atoms with Crippen LogP contribution in [0.3, 0.4) is 0 Å². The van der Waals surface area contributed by atoms with Crippen molar-refractivity contribution in [1.82, 2.24) is 0 Å². The summed E-state index contributed by atoms with van der Waals surface area (Å²) in [5.41, 5.74) is 3.98. The largest absolute Gasteiger partial charge is 0.490 e. The fourth-order valence-electron chi connectivity index (χ4n) is 4.73. The van der Waals surface area contributed by atoms with Gasteiger partial charge >= 0.3 is 0 Å². The number of fused-ring (bicyclic) bond motifs is 1. The molecule has 4 N–H and O–H groups in total. The molecule has 0 aliphatic carbocycles. The van der Waals surface area contributed by atoms with Crippen LogP contribution in [0.5, 0.6) is 11.5 Å². The summed E-state index contributed by atoms with van der Waals surface area (Å²) in [6.07, 6.45) is -4.32. The van der Waals surface area contributed by atoms with Crippen molar-refractivity contribution in [2.75, 3.05) is 13.2 Å². The van der Waals surface area contributed by atoms with Crippen LogP contribution in [0.2, 0.25) is 0 Å². The van der Waals surface area contributed by atoms with Crippen LogP contribution in [0.1, 0.15) is 28.4 Å². The highest BCUT2D eigenvalue weighted by Gasteiger charge is 2.43. The Bertz CT molecular complexity index is 1110. The third-order valence-corrected chi connectivity index (χ3v) is 6.65. The molecule has 1 unspecified atom stereocenters. The average Bonchev–Trinajstić information content (AvgIpc) is 3.30. The van der Waals surface area contributed by atoms with E-state index in [0.717, 1.165) is 29.0 Å². The van der Waals surface area contributed by atoms with E-state index in [4.69, 9.17) is 14.2 Å². The Morgan fingerprint density at radius 2 is 1.63 bits per heavy atom. The predicted molar refractivity (Wildman–Crippen MR) is 128 cm³/mol. The van der Waals surface area contributed by atoms with E-state index < -0.39 is 37.1 Å². The minimum atomic E-state index is -1.40. The van der Waals surface area contributed by atoms with Crippen LogP contribution < -0.4 is 9.47 Å². The van der Waals surface area contributed by atoms with Crippen LogP contribution in [0.4, 0.5) is 0 Å². The number of aliphatic hydroxyl groups excluding tert-OH is 4. The van der Waals surface area contributed by atoms with E-state index in [1.54, 1.807) is 6.07 Å². The summed E-state index contributed by atoms with van der Waals surface area (Å²) in [7, 11) is 0. The van der Waals surface area contributed by atoms with Gasteiger partial charge in [-0.1, -0.05) is 54.6 Å². The molecular formula is C28H30O7. The van der Waals surface area contributed by atoms with Gasteiger partial charge in [0.15, 0.2) is 0 Å². The van der Waals surface area contributed by atoms with Crippen molar-refractivity contribution in [3.8, 4) is 11.5 Å². The van der Waals surface area contributed by atoms with Crippen LogP contribution in [-0.4, -0.2) is 64.2 Å². The first-order chi connectivity index (χ1) is 17.0. The molecule has 0 spiro atoms. The normalized spacial score (nSPS) is 27.8. The highest BCUT2D eigenvalue weighted by Crippen LogP contribution is 2.33. The molecule has 7 heteroatoms. The van der Waals surface area contributed by atoms with Crippen molar-refractivity contribution in [2.45, 2.75) is 49.5 Å². The quantitative estimate of drug-likeness (QED) is 0.412. The topological polar surface area (TPSA) is 109 Å². The highest BCUT2D eigenvalue weighted by atomic mass is 16.5. The number of benzene rings is 3. The van der Waals surface area contributed by atoms with Gasteiger partial charge in [-0.15, -0.1) is 0 Å². The Balaban J connectivity index is 1.19. The molecule has 1 saturated heterocycles. The first kappa shape index (κ1) is 23.8. The van der Waals surface area contributed by atoms with E-state index in [0.29, 0.717) is 18.6 Å². The molecule has 0 saturated carbocycles. The Morgan fingerprint density at radius 3 is 2.40 bits per heavy atom. The Labute approximate surface area is 204 Å². The second-order valence-corrected chi connectivity index (χ2v) is 9.18. The van der Waals surface area contributed by atoms with Crippen molar-refractivity contribution in [1.29, 1.82) is 0 Å². The maximum Gasteiger partial charge on any atom is 0.137 e. The minimum absolute atomic E-state index is 0.0113. The summed E-state index contributed by atoms with van der Waals surface area (Å²) >= 11 is 0. The lowest BCUT2D eigenvalue weighted by atomic mass is 9.90. The highest BCUT2D eigenvalue weighted by molar-refractivity contribution is 5.38. The zero-order valence-electron chi connectivity index (χ0n) is 19.2. The minimum Gasteiger partial charge on any atom is -0.490 e. The first-order valence-electron chi connectivity index (χ1n) is 11.9. The summed E-state index contributed by atoms with van der Waals surface area (Å²) in [5, 5.41) is 40.0. The van der Waals surface area contributed by atoms with Crippen LogP contribution in [0.15, 0.2) is 72.8 Å². The maximum absolute atomic E-state index is 10.4. The molecule has 5 rings (SSSR count). The summed E-state index contributed by atoms with van der Waals surface area (Å²) in [6.45, 7) is 0.0323. The standard InChI is InChI=1S/C28H30O7/c29-15-24-25(30)26(31)27(32)28(35-24)20-6-3-4-18(13-20)12-17-8-10-21(11-9-17)33-16-22-14-19-5-1-2-7-23(19)34-22/h1-11,13,22,24-32H,12,14-16H2/t22?,24-,25-,26+,27-,28+/m1/s1. The van der Waals surface area contributed by atoms with Crippen LogP contribution in [0.25, 0.3) is 0 Å². The molecule has 3 aromatic rings. The molecule has 3 aromatic carbocycles. The third kappa shape index (κ3) is 5.19. The Hall–Kier alpha value is -2.94. The second-order valence-electron chi connectivity index (χ2n) is 9.18. The van der Waals surface area contributed by atoms with Gasteiger partial charge in [0.1, 0.15) is 54.7 Å². The molecule has 35 heavy (non-hydrogen) atoms. The van der Waals surface area contributed by atoms with Gasteiger partial charge in [0.05, 0.1) is 6.61 Å². The zero-order valence-corrected chi connectivity index (χ0v) is 19.2. The van der Waals surface area contributed by atoms with E-state index in [2.05, 4.69) is 6.07 Å². The van der Waals surface area contributed by atoms with E-state index in [1.807, 2.05) is 60.7 Å². The van der Waals surface area contributed by atoms with Gasteiger partial charge in [-0.25, -0.2) is 0 Å². The van der Waals surface area contributed by atoms with Crippen LogP contribution in [0, 0.1) is 0 Å².